The van der Waals surface area contributed by atoms with Gasteiger partial charge in [0, 0.05) is 50.1 Å². The molecule has 1 aliphatic heterocycles. The first kappa shape index (κ1) is 22.3. The summed E-state index contributed by atoms with van der Waals surface area (Å²) in [5.41, 5.74) is 4.53. The fourth-order valence-corrected chi connectivity index (χ4v) is 4.64. The summed E-state index contributed by atoms with van der Waals surface area (Å²) < 4.78 is 2.27. The van der Waals surface area contributed by atoms with Gasteiger partial charge in [-0.15, -0.1) is 0 Å². The molecular formula is C25H32N6S. The predicted molar refractivity (Wildman–Crippen MR) is 135 cm³/mol. The second-order valence-electron chi connectivity index (χ2n) is 8.69. The van der Waals surface area contributed by atoms with Crippen LogP contribution in [0.15, 0.2) is 67.0 Å². The Morgan fingerprint density at radius 1 is 1.00 bits per heavy atom. The minimum atomic E-state index is -0.00208. The Hall–Kier alpha value is -2.90. The highest BCUT2D eigenvalue weighted by Crippen LogP contribution is 2.39. The minimum absolute atomic E-state index is 0.00208. The molecular weight excluding hydrogens is 416 g/mol. The number of thiocarbonyl (C=S) groups is 1. The standard InChI is InChI=1S/C25H32N6S/c1-28(2)16-8-18-31-24(23(27-25(31)32)21-9-5-6-15-26-21)22-10-7-17-30(22)20-13-11-19(12-14-20)29(3)4/h5-7,9-15,17,23-24H,8,16,18H2,1-4H3,(H,27,32). The number of nitrogens with one attached hydrogen (secondary N) is 1. The SMILES string of the molecule is CN(C)CCCN1C(=S)NC(c2ccccn2)C1c1cccn1-c1ccc(N(C)C)cc1. The molecule has 0 amide bonds. The molecule has 1 aromatic carbocycles. The number of anilines is 1. The molecule has 3 aromatic rings. The lowest BCUT2D eigenvalue weighted by atomic mass is 10.0. The molecule has 1 fully saturated rings. The molecule has 7 heteroatoms. The van der Waals surface area contributed by atoms with E-state index in [-0.39, 0.29) is 12.1 Å². The average molecular weight is 449 g/mol. The van der Waals surface area contributed by atoms with Crippen molar-refractivity contribution in [2.45, 2.75) is 18.5 Å². The third-order valence-electron chi connectivity index (χ3n) is 5.93. The molecule has 32 heavy (non-hydrogen) atoms. The third-order valence-corrected chi connectivity index (χ3v) is 6.28. The topological polar surface area (TPSA) is 39.6 Å². The van der Waals surface area contributed by atoms with Crippen LogP contribution in [-0.4, -0.2) is 65.7 Å². The van der Waals surface area contributed by atoms with E-state index in [4.69, 9.17) is 12.2 Å². The lowest BCUT2D eigenvalue weighted by Crippen LogP contribution is -2.33. The molecule has 6 nitrogen and oxygen atoms in total. The van der Waals surface area contributed by atoms with Crippen LogP contribution < -0.4 is 10.2 Å². The van der Waals surface area contributed by atoms with Gasteiger partial charge in [0.2, 0.25) is 0 Å². The quantitative estimate of drug-likeness (QED) is 0.528. The highest BCUT2D eigenvalue weighted by molar-refractivity contribution is 7.80. The highest BCUT2D eigenvalue weighted by Gasteiger charge is 2.40. The molecule has 1 saturated heterocycles. The fourth-order valence-electron chi connectivity index (χ4n) is 4.31. The van der Waals surface area contributed by atoms with E-state index >= 15 is 0 Å². The summed E-state index contributed by atoms with van der Waals surface area (Å²) >= 11 is 5.81. The maximum absolute atomic E-state index is 5.81. The number of hydrogen-bond acceptors (Lipinski definition) is 4. The molecule has 4 rings (SSSR count). The summed E-state index contributed by atoms with van der Waals surface area (Å²) in [6.07, 6.45) is 5.03. The molecule has 2 unspecified atom stereocenters. The number of hydrogen-bond donors (Lipinski definition) is 1. The first-order valence-electron chi connectivity index (χ1n) is 11.0. The molecule has 3 heterocycles. The summed E-state index contributed by atoms with van der Waals surface area (Å²) in [5.74, 6) is 0. The smallest absolute Gasteiger partial charge is 0.170 e. The first-order chi connectivity index (χ1) is 15.5. The van der Waals surface area contributed by atoms with Crippen molar-refractivity contribution >= 4 is 23.0 Å². The largest absolute Gasteiger partial charge is 0.378 e. The Morgan fingerprint density at radius 3 is 2.44 bits per heavy atom. The van der Waals surface area contributed by atoms with Crippen molar-refractivity contribution in [3.05, 3.63) is 78.4 Å². The molecule has 2 aromatic heterocycles. The van der Waals surface area contributed by atoms with Gasteiger partial charge in [-0.2, -0.15) is 0 Å². The number of nitrogens with zero attached hydrogens (tertiary/aromatic N) is 5. The van der Waals surface area contributed by atoms with E-state index in [2.05, 4.69) is 106 Å². The summed E-state index contributed by atoms with van der Waals surface area (Å²) in [6, 6.07) is 19.1. The number of rotatable bonds is 8. The molecule has 1 N–H and O–H groups in total. The fraction of sp³-hybridized carbons (Fsp3) is 0.360. The van der Waals surface area contributed by atoms with Gasteiger partial charge in [-0.25, -0.2) is 0 Å². The van der Waals surface area contributed by atoms with E-state index in [0.29, 0.717) is 0 Å². The molecule has 2 atom stereocenters. The van der Waals surface area contributed by atoms with Crippen LogP contribution in [0.5, 0.6) is 0 Å². The first-order valence-corrected chi connectivity index (χ1v) is 11.4. The molecule has 0 saturated carbocycles. The van der Waals surface area contributed by atoms with Crippen molar-refractivity contribution in [1.29, 1.82) is 0 Å². The molecule has 0 spiro atoms. The maximum Gasteiger partial charge on any atom is 0.170 e. The van der Waals surface area contributed by atoms with E-state index in [9.17, 15) is 0 Å². The monoisotopic (exact) mass is 448 g/mol. The summed E-state index contributed by atoms with van der Waals surface area (Å²) in [4.78, 5) is 11.3. The lowest BCUT2D eigenvalue weighted by Gasteiger charge is -2.29. The van der Waals surface area contributed by atoms with Gasteiger partial charge in [0.25, 0.3) is 0 Å². The average Bonchev–Trinajstić information content (AvgIpc) is 3.39. The summed E-state index contributed by atoms with van der Waals surface area (Å²) in [6.45, 7) is 1.91. The van der Waals surface area contributed by atoms with Crippen molar-refractivity contribution in [3.63, 3.8) is 0 Å². The van der Waals surface area contributed by atoms with Gasteiger partial charge >= 0.3 is 0 Å². The van der Waals surface area contributed by atoms with Crippen LogP contribution >= 0.6 is 12.2 Å². The Bertz CT molecular complexity index is 1030. The highest BCUT2D eigenvalue weighted by atomic mass is 32.1. The predicted octanol–water partition coefficient (Wildman–Crippen LogP) is 3.86. The van der Waals surface area contributed by atoms with Crippen LogP contribution in [-0.2, 0) is 0 Å². The van der Waals surface area contributed by atoms with Gasteiger partial charge in [0.15, 0.2) is 5.11 Å². The Balaban J connectivity index is 1.71. The molecule has 1 aliphatic rings. The van der Waals surface area contributed by atoms with Crippen LogP contribution in [0.2, 0.25) is 0 Å². The number of benzene rings is 1. The van der Waals surface area contributed by atoms with Crippen molar-refractivity contribution in [2.24, 2.45) is 0 Å². The van der Waals surface area contributed by atoms with Gasteiger partial charge < -0.3 is 24.6 Å². The van der Waals surface area contributed by atoms with E-state index in [0.717, 1.165) is 36.0 Å². The second kappa shape index (κ2) is 9.71. The van der Waals surface area contributed by atoms with Crippen LogP contribution in [0.1, 0.15) is 29.9 Å². The van der Waals surface area contributed by atoms with Gasteiger partial charge in [-0.05, 0) is 87.8 Å². The second-order valence-corrected chi connectivity index (χ2v) is 9.08. The third kappa shape index (κ3) is 4.64. The van der Waals surface area contributed by atoms with Gasteiger partial charge in [0.05, 0.1) is 17.8 Å². The van der Waals surface area contributed by atoms with Crippen molar-refractivity contribution in [1.82, 2.24) is 24.7 Å². The van der Waals surface area contributed by atoms with E-state index in [1.54, 1.807) is 0 Å². The molecule has 0 bridgehead atoms. The minimum Gasteiger partial charge on any atom is -0.378 e. The van der Waals surface area contributed by atoms with Crippen molar-refractivity contribution in [2.75, 3.05) is 46.2 Å². The van der Waals surface area contributed by atoms with Gasteiger partial charge in [-0.3, -0.25) is 4.98 Å². The van der Waals surface area contributed by atoms with Gasteiger partial charge in [0.1, 0.15) is 0 Å². The van der Waals surface area contributed by atoms with E-state index in [1.165, 1.54) is 11.4 Å². The lowest BCUT2D eigenvalue weighted by molar-refractivity contribution is 0.286. The normalized spacial score (nSPS) is 18.3. The van der Waals surface area contributed by atoms with Crippen LogP contribution in [0.25, 0.3) is 5.69 Å². The number of aromatic nitrogens is 2. The zero-order chi connectivity index (χ0) is 22.7. The number of pyridine rings is 1. The molecule has 168 valence electrons. The molecule has 0 aliphatic carbocycles. The van der Waals surface area contributed by atoms with E-state index < -0.39 is 0 Å². The summed E-state index contributed by atoms with van der Waals surface area (Å²) in [7, 11) is 8.34. The zero-order valence-corrected chi connectivity index (χ0v) is 20.1. The maximum atomic E-state index is 5.81. The van der Waals surface area contributed by atoms with Crippen LogP contribution in [0, 0.1) is 0 Å². The zero-order valence-electron chi connectivity index (χ0n) is 19.3. The van der Waals surface area contributed by atoms with Crippen molar-refractivity contribution in [3.8, 4) is 5.69 Å². The van der Waals surface area contributed by atoms with Gasteiger partial charge in [-0.1, -0.05) is 6.07 Å². The van der Waals surface area contributed by atoms with Crippen LogP contribution in [0.3, 0.4) is 0 Å². The molecule has 0 radical (unpaired) electrons. The Kier molecular flexibility index (Phi) is 6.77. The van der Waals surface area contributed by atoms with Crippen LogP contribution in [0.4, 0.5) is 5.69 Å². The van der Waals surface area contributed by atoms with Crippen molar-refractivity contribution < 1.29 is 0 Å². The Morgan fingerprint density at radius 2 is 1.78 bits per heavy atom. The van der Waals surface area contributed by atoms with E-state index in [1.807, 2.05) is 18.3 Å². The Labute approximate surface area is 196 Å². The summed E-state index contributed by atoms with van der Waals surface area (Å²) in [5, 5.41) is 4.35.